The minimum Gasteiger partial charge on any atom is -0.356 e. The van der Waals surface area contributed by atoms with Gasteiger partial charge in [-0.05, 0) is 65.6 Å². The van der Waals surface area contributed by atoms with Crippen molar-refractivity contribution >= 4 is 43.9 Å². The number of Topliss-reactive ketones (excluding diaryl/α,β-unsaturated/α-hetero) is 1. The molecule has 4 aromatic rings. The van der Waals surface area contributed by atoms with Crippen molar-refractivity contribution in [2.45, 2.75) is 19.4 Å². The smallest absolute Gasteiger partial charge is 0.252 e. The molecule has 0 heterocycles. The average Bonchev–Trinajstić information content (AvgIpc) is 2.87. The van der Waals surface area contributed by atoms with Gasteiger partial charge < -0.3 is 10.6 Å². The van der Waals surface area contributed by atoms with Gasteiger partial charge in [0.15, 0.2) is 5.78 Å². The molecule has 0 aliphatic carbocycles. The van der Waals surface area contributed by atoms with Crippen LogP contribution in [-0.4, -0.2) is 39.0 Å². The molecule has 0 saturated heterocycles. The molecule has 190 valence electrons. The number of fused-ring (bicyclic) bond motifs is 1. The van der Waals surface area contributed by atoms with Gasteiger partial charge in [0.2, 0.25) is 10.0 Å². The molecule has 0 aliphatic rings. The van der Waals surface area contributed by atoms with Gasteiger partial charge in [-0.1, -0.05) is 60.7 Å². The Hall–Kier alpha value is -4.01. The Morgan fingerprint density at radius 3 is 2.16 bits per heavy atom. The van der Waals surface area contributed by atoms with Crippen molar-refractivity contribution < 1.29 is 18.0 Å². The van der Waals surface area contributed by atoms with Crippen molar-refractivity contribution in [2.24, 2.45) is 0 Å². The zero-order chi connectivity index (χ0) is 26.4. The van der Waals surface area contributed by atoms with Crippen LogP contribution < -0.4 is 15.4 Å². The van der Waals surface area contributed by atoms with Crippen LogP contribution >= 0.6 is 0 Å². The maximum Gasteiger partial charge on any atom is 0.252 e. The molecule has 3 N–H and O–H groups in total. The van der Waals surface area contributed by atoms with Crippen LogP contribution in [0.25, 0.3) is 10.8 Å². The average molecular weight is 516 g/mol. The highest BCUT2D eigenvalue weighted by molar-refractivity contribution is 7.88. The Morgan fingerprint density at radius 1 is 0.811 bits per heavy atom. The highest BCUT2D eigenvalue weighted by Gasteiger charge is 2.23. The number of hydrogen-bond donors (Lipinski definition) is 3. The number of amides is 1. The SMILES string of the molecule is Cc1cc(Nc2ccc3ccccc3c2)ccc1C(=O)N[C@@H](Cc1ccccc1)C(=O)CNS(C)(=O)=O. The Bertz CT molecular complexity index is 1540. The van der Waals surface area contributed by atoms with Gasteiger partial charge in [-0.2, -0.15) is 0 Å². The molecule has 0 bridgehead atoms. The van der Waals surface area contributed by atoms with Crippen molar-refractivity contribution in [2.75, 3.05) is 18.1 Å². The maximum absolute atomic E-state index is 13.2. The van der Waals surface area contributed by atoms with Gasteiger partial charge in [-0.25, -0.2) is 13.1 Å². The highest BCUT2D eigenvalue weighted by Crippen LogP contribution is 2.24. The lowest BCUT2D eigenvalue weighted by atomic mass is 10.0. The van der Waals surface area contributed by atoms with Gasteiger partial charge in [-0.3, -0.25) is 9.59 Å². The molecule has 4 rings (SSSR count). The standard InChI is InChI=1S/C29H29N3O4S/c1-20-16-24(31-25-13-12-22-10-6-7-11-23(22)18-25)14-15-26(20)29(34)32-27(17-21-8-4-3-5-9-21)28(33)19-30-37(2,35)36/h3-16,18,27,30-31H,17,19H2,1-2H3,(H,32,34)/t27-/m0/s1. The molecule has 1 atom stereocenters. The molecule has 0 aromatic heterocycles. The third kappa shape index (κ3) is 7.25. The molecule has 4 aromatic carbocycles. The zero-order valence-electron chi connectivity index (χ0n) is 20.7. The van der Waals surface area contributed by atoms with Crippen LogP contribution in [-0.2, 0) is 21.2 Å². The van der Waals surface area contributed by atoms with Gasteiger partial charge in [-0.15, -0.1) is 0 Å². The van der Waals surface area contributed by atoms with Crippen molar-refractivity contribution in [1.29, 1.82) is 0 Å². The van der Waals surface area contributed by atoms with Crippen LogP contribution in [0.15, 0.2) is 91.0 Å². The number of nitrogens with one attached hydrogen (secondary N) is 3. The zero-order valence-corrected chi connectivity index (χ0v) is 21.5. The molecular weight excluding hydrogens is 486 g/mol. The summed E-state index contributed by atoms with van der Waals surface area (Å²) < 4.78 is 25.2. The fourth-order valence-electron chi connectivity index (χ4n) is 4.09. The van der Waals surface area contributed by atoms with Gasteiger partial charge >= 0.3 is 0 Å². The van der Waals surface area contributed by atoms with E-state index in [1.54, 1.807) is 6.07 Å². The van der Waals surface area contributed by atoms with Crippen LogP contribution in [0.2, 0.25) is 0 Å². The number of rotatable bonds is 10. The molecule has 1 amide bonds. The minimum atomic E-state index is -3.55. The van der Waals surface area contributed by atoms with E-state index in [-0.39, 0.29) is 6.42 Å². The van der Waals surface area contributed by atoms with Gasteiger partial charge in [0, 0.05) is 16.9 Å². The molecule has 37 heavy (non-hydrogen) atoms. The van der Waals surface area contributed by atoms with E-state index in [9.17, 15) is 18.0 Å². The first-order valence-corrected chi connectivity index (χ1v) is 13.8. The summed E-state index contributed by atoms with van der Waals surface area (Å²) in [7, 11) is -3.55. The molecular formula is C29H29N3O4S. The summed E-state index contributed by atoms with van der Waals surface area (Å²) in [6.45, 7) is 1.43. The Morgan fingerprint density at radius 2 is 1.46 bits per heavy atom. The topological polar surface area (TPSA) is 104 Å². The van der Waals surface area contributed by atoms with E-state index in [1.807, 2.05) is 67.6 Å². The number of benzene rings is 4. The molecule has 0 unspecified atom stereocenters. The largest absolute Gasteiger partial charge is 0.356 e. The Kier molecular flexibility index (Phi) is 8.01. The number of aryl methyl sites for hydroxylation is 1. The second-order valence-corrected chi connectivity index (χ2v) is 10.8. The molecule has 0 spiro atoms. The van der Waals surface area contributed by atoms with Crippen LogP contribution in [0.5, 0.6) is 0 Å². The summed E-state index contributed by atoms with van der Waals surface area (Å²) in [5.74, 6) is -0.821. The predicted octanol–water partition coefficient (Wildman–Crippen LogP) is 4.35. The van der Waals surface area contributed by atoms with Gasteiger partial charge in [0.05, 0.1) is 18.8 Å². The molecule has 8 heteroatoms. The molecule has 7 nitrogen and oxygen atoms in total. The molecule has 0 aliphatic heterocycles. The molecule has 0 saturated carbocycles. The normalized spacial score (nSPS) is 12.2. The van der Waals surface area contributed by atoms with Crippen molar-refractivity contribution in [3.05, 3.63) is 108 Å². The number of ketones is 1. The summed E-state index contributed by atoms with van der Waals surface area (Å²) in [4.78, 5) is 26.0. The second kappa shape index (κ2) is 11.4. The van der Waals surface area contributed by atoms with Crippen LogP contribution in [0.1, 0.15) is 21.5 Å². The number of hydrogen-bond acceptors (Lipinski definition) is 5. The lowest BCUT2D eigenvalue weighted by molar-refractivity contribution is -0.119. The number of anilines is 2. The number of sulfonamides is 1. The van der Waals surface area contributed by atoms with E-state index < -0.39 is 34.3 Å². The van der Waals surface area contributed by atoms with Crippen molar-refractivity contribution in [1.82, 2.24) is 10.0 Å². The Balaban J connectivity index is 1.49. The van der Waals surface area contributed by atoms with Crippen molar-refractivity contribution in [3.63, 3.8) is 0 Å². The summed E-state index contributed by atoms with van der Waals surface area (Å²) in [6.07, 6.45) is 1.24. The fraction of sp³-hybridized carbons (Fsp3) is 0.172. The lowest BCUT2D eigenvalue weighted by Gasteiger charge is -2.19. The molecule has 0 radical (unpaired) electrons. The fourth-order valence-corrected chi connectivity index (χ4v) is 4.49. The molecule has 0 fully saturated rings. The second-order valence-electron chi connectivity index (χ2n) is 8.99. The number of carbonyl (C=O) groups excluding carboxylic acids is 2. The van der Waals surface area contributed by atoms with E-state index >= 15 is 0 Å². The van der Waals surface area contributed by atoms with Crippen LogP contribution in [0.3, 0.4) is 0 Å². The third-order valence-electron chi connectivity index (χ3n) is 5.99. The summed E-state index contributed by atoms with van der Waals surface area (Å²) in [5.41, 5.74) is 3.79. The van der Waals surface area contributed by atoms with Crippen LogP contribution in [0, 0.1) is 6.92 Å². The highest BCUT2D eigenvalue weighted by atomic mass is 32.2. The number of carbonyl (C=O) groups is 2. The summed E-state index contributed by atoms with van der Waals surface area (Å²) in [6, 6.07) is 28.0. The van der Waals surface area contributed by atoms with Gasteiger partial charge in [0.25, 0.3) is 5.91 Å². The minimum absolute atomic E-state index is 0.248. The van der Waals surface area contributed by atoms with E-state index in [0.29, 0.717) is 5.56 Å². The van der Waals surface area contributed by atoms with E-state index in [0.717, 1.165) is 39.5 Å². The Labute approximate surface area is 217 Å². The van der Waals surface area contributed by atoms with E-state index in [2.05, 4.69) is 39.6 Å². The first-order chi connectivity index (χ1) is 17.7. The summed E-state index contributed by atoms with van der Waals surface area (Å²) >= 11 is 0. The van der Waals surface area contributed by atoms with Crippen LogP contribution in [0.4, 0.5) is 11.4 Å². The first-order valence-electron chi connectivity index (χ1n) is 11.9. The van der Waals surface area contributed by atoms with E-state index in [1.165, 1.54) is 0 Å². The monoisotopic (exact) mass is 515 g/mol. The lowest BCUT2D eigenvalue weighted by Crippen LogP contribution is -2.46. The third-order valence-corrected chi connectivity index (χ3v) is 6.66. The predicted molar refractivity (Wildman–Crippen MR) is 148 cm³/mol. The van der Waals surface area contributed by atoms with Crippen molar-refractivity contribution in [3.8, 4) is 0 Å². The van der Waals surface area contributed by atoms with Gasteiger partial charge in [0.1, 0.15) is 0 Å². The summed E-state index contributed by atoms with van der Waals surface area (Å²) in [5, 5.41) is 8.46. The quantitative estimate of drug-likeness (QED) is 0.291. The maximum atomic E-state index is 13.2. The van der Waals surface area contributed by atoms with E-state index in [4.69, 9.17) is 0 Å². The first kappa shape index (κ1) is 26.1.